The smallest absolute Gasteiger partial charge is 0.149 e. The van der Waals surface area contributed by atoms with Gasteiger partial charge < -0.3 is 10.1 Å². The highest BCUT2D eigenvalue weighted by molar-refractivity contribution is 6.29. The first-order valence-corrected chi connectivity index (χ1v) is 5.51. The number of hydrogen-bond donors (Lipinski definition) is 1. The van der Waals surface area contributed by atoms with E-state index in [4.69, 9.17) is 16.3 Å². The van der Waals surface area contributed by atoms with Gasteiger partial charge in [0.05, 0.1) is 19.0 Å². The third-order valence-corrected chi connectivity index (χ3v) is 2.61. The van der Waals surface area contributed by atoms with E-state index in [2.05, 4.69) is 15.3 Å². The molecule has 2 heterocycles. The molecule has 1 unspecified atom stereocenters. The molecule has 15 heavy (non-hydrogen) atoms. The van der Waals surface area contributed by atoms with E-state index in [-0.39, 0.29) is 0 Å². The highest BCUT2D eigenvalue weighted by Crippen LogP contribution is 2.14. The SMILES string of the molecule is Clc1cncc(NCC2CCCOC2)n1. The fraction of sp³-hybridized carbons (Fsp3) is 0.600. The van der Waals surface area contributed by atoms with Crippen molar-refractivity contribution in [3.63, 3.8) is 0 Å². The van der Waals surface area contributed by atoms with E-state index < -0.39 is 0 Å². The van der Waals surface area contributed by atoms with Crippen LogP contribution in [0.4, 0.5) is 5.82 Å². The second-order valence-electron chi connectivity index (χ2n) is 3.69. The summed E-state index contributed by atoms with van der Waals surface area (Å²) in [6.07, 6.45) is 5.56. The van der Waals surface area contributed by atoms with Gasteiger partial charge >= 0.3 is 0 Å². The van der Waals surface area contributed by atoms with Crippen molar-refractivity contribution < 1.29 is 4.74 Å². The average molecular weight is 228 g/mol. The van der Waals surface area contributed by atoms with Crippen LogP contribution in [0.15, 0.2) is 12.4 Å². The van der Waals surface area contributed by atoms with Crippen LogP contribution in [0.5, 0.6) is 0 Å². The normalized spacial score (nSPS) is 21.3. The van der Waals surface area contributed by atoms with E-state index in [0.29, 0.717) is 11.1 Å². The molecule has 0 spiro atoms. The van der Waals surface area contributed by atoms with Crippen LogP contribution in [0, 0.1) is 5.92 Å². The number of aromatic nitrogens is 2. The molecule has 1 aliphatic heterocycles. The van der Waals surface area contributed by atoms with Gasteiger partial charge in [-0.1, -0.05) is 11.6 Å². The summed E-state index contributed by atoms with van der Waals surface area (Å²) in [5.41, 5.74) is 0. The molecule has 0 aromatic carbocycles. The molecule has 1 aliphatic rings. The molecule has 0 bridgehead atoms. The highest BCUT2D eigenvalue weighted by Gasteiger charge is 2.13. The molecule has 1 aromatic heterocycles. The predicted molar refractivity (Wildman–Crippen MR) is 59.1 cm³/mol. The number of halogens is 1. The van der Waals surface area contributed by atoms with Gasteiger partial charge in [0.25, 0.3) is 0 Å². The van der Waals surface area contributed by atoms with Crippen molar-refractivity contribution in [2.75, 3.05) is 25.1 Å². The Morgan fingerprint density at radius 3 is 3.20 bits per heavy atom. The molecule has 1 N–H and O–H groups in total. The van der Waals surface area contributed by atoms with Crippen LogP contribution >= 0.6 is 11.6 Å². The van der Waals surface area contributed by atoms with Crippen LogP contribution in [-0.4, -0.2) is 29.7 Å². The van der Waals surface area contributed by atoms with Gasteiger partial charge in [0.2, 0.25) is 0 Å². The van der Waals surface area contributed by atoms with Gasteiger partial charge in [0, 0.05) is 13.2 Å². The maximum Gasteiger partial charge on any atom is 0.149 e. The standard InChI is InChI=1S/C10H14ClN3O/c11-9-5-12-6-10(14-9)13-4-8-2-1-3-15-7-8/h5-6,8H,1-4,7H2,(H,13,14). The Kier molecular flexibility index (Phi) is 3.75. The van der Waals surface area contributed by atoms with E-state index in [0.717, 1.165) is 32.0 Å². The number of anilines is 1. The first-order valence-electron chi connectivity index (χ1n) is 5.14. The third-order valence-electron chi connectivity index (χ3n) is 2.43. The number of nitrogens with zero attached hydrogens (tertiary/aromatic N) is 2. The maximum absolute atomic E-state index is 5.73. The van der Waals surface area contributed by atoms with Gasteiger partial charge in [-0.2, -0.15) is 0 Å². The topological polar surface area (TPSA) is 47.0 Å². The van der Waals surface area contributed by atoms with Crippen LogP contribution in [0.25, 0.3) is 0 Å². The Bertz CT molecular complexity index is 315. The molecule has 1 aromatic rings. The van der Waals surface area contributed by atoms with Crippen molar-refractivity contribution in [2.24, 2.45) is 5.92 Å². The molecular formula is C10H14ClN3O. The zero-order chi connectivity index (χ0) is 10.5. The molecule has 0 aliphatic carbocycles. The maximum atomic E-state index is 5.73. The van der Waals surface area contributed by atoms with Crippen molar-refractivity contribution in [2.45, 2.75) is 12.8 Å². The van der Waals surface area contributed by atoms with E-state index in [9.17, 15) is 0 Å². The fourth-order valence-electron chi connectivity index (χ4n) is 1.64. The van der Waals surface area contributed by atoms with Crippen molar-refractivity contribution in [3.05, 3.63) is 17.5 Å². The summed E-state index contributed by atoms with van der Waals surface area (Å²) in [5, 5.41) is 3.63. The van der Waals surface area contributed by atoms with Crippen LogP contribution < -0.4 is 5.32 Å². The molecule has 2 rings (SSSR count). The highest BCUT2D eigenvalue weighted by atomic mass is 35.5. The summed E-state index contributed by atoms with van der Waals surface area (Å²) in [7, 11) is 0. The van der Waals surface area contributed by atoms with E-state index in [1.165, 1.54) is 12.6 Å². The van der Waals surface area contributed by atoms with Crippen LogP contribution in [0.3, 0.4) is 0 Å². The minimum atomic E-state index is 0.417. The monoisotopic (exact) mass is 227 g/mol. The molecule has 82 valence electrons. The molecule has 0 radical (unpaired) electrons. The van der Waals surface area contributed by atoms with Crippen molar-refractivity contribution in [3.8, 4) is 0 Å². The van der Waals surface area contributed by atoms with Crippen LogP contribution in [0.1, 0.15) is 12.8 Å². The van der Waals surface area contributed by atoms with Gasteiger partial charge in [-0.15, -0.1) is 0 Å². The molecule has 4 nitrogen and oxygen atoms in total. The summed E-state index contributed by atoms with van der Waals surface area (Å²) < 4.78 is 5.39. The quantitative estimate of drug-likeness (QED) is 0.858. The lowest BCUT2D eigenvalue weighted by Crippen LogP contribution is -2.24. The molecule has 1 saturated heterocycles. The Balaban J connectivity index is 1.81. The van der Waals surface area contributed by atoms with E-state index >= 15 is 0 Å². The number of nitrogens with one attached hydrogen (secondary N) is 1. The lowest BCUT2D eigenvalue weighted by molar-refractivity contribution is 0.0595. The van der Waals surface area contributed by atoms with Crippen molar-refractivity contribution in [1.82, 2.24) is 9.97 Å². The Morgan fingerprint density at radius 1 is 1.53 bits per heavy atom. The zero-order valence-corrected chi connectivity index (χ0v) is 9.20. The Hall–Kier alpha value is -0.870. The largest absolute Gasteiger partial charge is 0.381 e. The lowest BCUT2D eigenvalue weighted by atomic mass is 10.0. The predicted octanol–water partition coefficient (Wildman–Crippen LogP) is 1.97. The number of rotatable bonds is 3. The van der Waals surface area contributed by atoms with Crippen LogP contribution in [0.2, 0.25) is 5.15 Å². The van der Waals surface area contributed by atoms with Gasteiger partial charge in [-0.05, 0) is 18.8 Å². The number of hydrogen-bond acceptors (Lipinski definition) is 4. The molecular weight excluding hydrogens is 214 g/mol. The average Bonchev–Trinajstić information content (AvgIpc) is 2.28. The molecule has 5 heteroatoms. The second kappa shape index (κ2) is 5.28. The van der Waals surface area contributed by atoms with Gasteiger partial charge in [-0.3, -0.25) is 4.98 Å². The number of ether oxygens (including phenoxy) is 1. The zero-order valence-electron chi connectivity index (χ0n) is 8.45. The Morgan fingerprint density at radius 2 is 2.47 bits per heavy atom. The van der Waals surface area contributed by atoms with Gasteiger partial charge in [0.15, 0.2) is 0 Å². The lowest BCUT2D eigenvalue weighted by Gasteiger charge is -2.22. The second-order valence-corrected chi connectivity index (χ2v) is 4.08. The molecule has 1 atom stereocenters. The van der Waals surface area contributed by atoms with E-state index in [1.807, 2.05) is 0 Å². The molecule has 1 fully saturated rings. The fourth-order valence-corrected chi connectivity index (χ4v) is 1.79. The minimum absolute atomic E-state index is 0.417. The minimum Gasteiger partial charge on any atom is -0.381 e. The summed E-state index contributed by atoms with van der Waals surface area (Å²) in [6, 6.07) is 0. The third kappa shape index (κ3) is 3.32. The first-order chi connectivity index (χ1) is 7.34. The van der Waals surface area contributed by atoms with Crippen molar-refractivity contribution >= 4 is 17.4 Å². The summed E-state index contributed by atoms with van der Waals surface area (Å²) in [6.45, 7) is 2.60. The Labute approximate surface area is 94.0 Å². The van der Waals surface area contributed by atoms with Crippen molar-refractivity contribution in [1.29, 1.82) is 0 Å². The van der Waals surface area contributed by atoms with Gasteiger partial charge in [0.1, 0.15) is 11.0 Å². The summed E-state index contributed by atoms with van der Waals surface area (Å²) >= 11 is 5.73. The summed E-state index contributed by atoms with van der Waals surface area (Å²) in [4.78, 5) is 8.07. The first kappa shape index (κ1) is 10.6. The van der Waals surface area contributed by atoms with E-state index in [1.54, 1.807) is 6.20 Å². The van der Waals surface area contributed by atoms with Crippen LogP contribution in [-0.2, 0) is 4.74 Å². The molecule has 0 amide bonds. The van der Waals surface area contributed by atoms with Gasteiger partial charge in [-0.25, -0.2) is 4.98 Å². The summed E-state index contributed by atoms with van der Waals surface area (Å²) in [5.74, 6) is 1.30. The molecule has 0 saturated carbocycles.